The van der Waals surface area contributed by atoms with E-state index < -0.39 is 0 Å². The lowest BCUT2D eigenvalue weighted by atomic mass is 9.98. The van der Waals surface area contributed by atoms with Crippen LogP contribution in [0.3, 0.4) is 0 Å². The van der Waals surface area contributed by atoms with Crippen molar-refractivity contribution >= 4 is 11.3 Å². The van der Waals surface area contributed by atoms with Gasteiger partial charge in [0, 0.05) is 11.1 Å². The van der Waals surface area contributed by atoms with Gasteiger partial charge in [0.2, 0.25) is 0 Å². The third-order valence-corrected chi connectivity index (χ3v) is 4.00. The Bertz CT molecular complexity index is 534. The predicted octanol–water partition coefficient (Wildman–Crippen LogP) is 3.20. The molecule has 1 unspecified atom stereocenters. The van der Waals surface area contributed by atoms with Crippen molar-refractivity contribution in [2.75, 3.05) is 0 Å². The van der Waals surface area contributed by atoms with Crippen molar-refractivity contribution in [2.24, 2.45) is 11.8 Å². The number of aryl methyl sites for hydroxylation is 1. The number of aromatic nitrogens is 1. The molecule has 0 spiro atoms. The molecule has 3 N–H and O–H groups in total. The topological polar surface area (TPSA) is 50.9 Å². The van der Waals surface area contributed by atoms with E-state index in [2.05, 4.69) is 48.5 Å². The highest BCUT2D eigenvalue weighted by atomic mass is 32.1. The van der Waals surface area contributed by atoms with Gasteiger partial charge in [-0.05, 0) is 30.4 Å². The maximum atomic E-state index is 5.73. The number of nitrogens with one attached hydrogen (secondary N) is 1. The maximum absolute atomic E-state index is 5.73. The summed E-state index contributed by atoms with van der Waals surface area (Å²) in [5.41, 5.74) is 5.45. The first-order chi connectivity index (χ1) is 9.10. The summed E-state index contributed by atoms with van der Waals surface area (Å²) in [4.78, 5) is 5.46. The van der Waals surface area contributed by atoms with Crippen LogP contribution in [0.1, 0.15) is 40.9 Å². The number of rotatable bonds is 5. The fourth-order valence-electron chi connectivity index (χ4n) is 2.22. The Morgan fingerprint density at radius 3 is 2.74 bits per heavy atom. The first kappa shape index (κ1) is 14.2. The Hall–Kier alpha value is -1.23. The normalized spacial score (nSPS) is 12.9. The van der Waals surface area contributed by atoms with Gasteiger partial charge in [-0.3, -0.25) is 5.84 Å². The second kappa shape index (κ2) is 6.28. The van der Waals surface area contributed by atoms with E-state index in [1.165, 1.54) is 11.1 Å². The second-order valence-corrected chi connectivity index (χ2v) is 6.49. The summed E-state index contributed by atoms with van der Waals surface area (Å²) in [6.45, 7) is 6.48. The van der Waals surface area contributed by atoms with Gasteiger partial charge in [-0.25, -0.2) is 10.4 Å². The summed E-state index contributed by atoms with van der Waals surface area (Å²) in [7, 11) is 0. The van der Waals surface area contributed by atoms with Crippen LogP contribution in [-0.4, -0.2) is 4.98 Å². The van der Waals surface area contributed by atoms with E-state index in [1.54, 1.807) is 11.3 Å². The van der Waals surface area contributed by atoms with Gasteiger partial charge >= 0.3 is 0 Å². The highest BCUT2D eigenvalue weighted by Gasteiger charge is 2.15. The summed E-state index contributed by atoms with van der Waals surface area (Å²) in [6.07, 6.45) is 2.99. The third kappa shape index (κ3) is 3.62. The monoisotopic (exact) mass is 275 g/mol. The number of hydrazine groups is 1. The number of thiazole rings is 1. The first-order valence-electron chi connectivity index (χ1n) is 6.57. The van der Waals surface area contributed by atoms with E-state index in [1.807, 2.05) is 13.1 Å². The molecule has 0 aliphatic carbocycles. The van der Waals surface area contributed by atoms with Crippen molar-refractivity contribution in [1.29, 1.82) is 0 Å². The second-order valence-electron chi connectivity index (χ2n) is 5.22. The largest absolute Gasteiger partial charge is 0.271 e. The number of nitrogens with two attached hydrogens (primary N) is 1. The molecular formula is C15H21N3S. The summed E-state index contributed by atoms with van der Waals surface area (Å²) >= 11 is 1.68. The highest BCUT2D eigenvalue weighted by Crippen LogP contribution is 2.27. The molecule has 0 bridgehead atoms. The molecule has 102 valence electrons. The fourth-order valence-corrected chi connectivity index (χ4v) is 3.10. The lowest BCUT2D eigenvalue weighted by molar-refractivity contribution is 0.633. The van der Waals surface area contributed by atoms with Crippen LogP contribution < -0.4 is 11.3 Å². The molecule has 0 saturated carbocycles. The number of hydrogen-bond acceptors (Lipinski definition) is 4. The Morgan fingerprint density at radius 2 is 2.16 bits per heavy atom. The fraction of sp³-hybridized carbons (Fsp3) is 0.400. The molecule has 0 aliphatic rings. The lowest BCUT2D eigenvalue weighted by Crippen LogP contribution is -2.28. The van der Waals surface area contributed by atoms with Crippen molar-refractivity contribution < 1.29 is 0 Å². The molecular weight excluding hydrogens is 254 g/mol. The van der Waals surface area contributed by atoms with Gasteiger partial charge in [-0.1, -0.05) is 38.1 Å². The van der Waals surface area contributed by atoms with Crippen molar-refractivity contribution in [2.45, 2.75) is 33.2 Å². The van der Waals surface area contributed by atoms with Gasteiger partial charge in [-0.15, -0.1) is 11.3 Å². The summed E-state index contributed by atoms with van der Waals surface area (Å²) in [6, 6.07) is 8.65. The minimum Gasteiger partial charge on any atom is -0.271 e. The van der Waals surface area contributed by atoms with Crippen LogP contribution >= 0.6 is 11.3 Å². The molecule has 0 saturated heterocycles. The summed E-state index contributed by atoms with van der Waals surface area (Å²) < 4.78 is 0. The molecule has 1 heterocycles. The molecule has 0 radical (unpaired) electrons. The van der Waals surface area contributed by atoms with Crippen LogP contribution in [-0.2, 0) is 6.42 Å². The van der Waals surface area contributed by atoms with Gasteiger partial charge in [0.25, 0.3) is 0 Å². The van der Waals surface area contributed by atoms with Crippen LogP contribution in [0.15, 0.2) is 30.5 Å². The standard InChI is InChI=1S/C15H21N3S/c1-10(2)7-12-5-4-6-13(8-12)15(18-16)14-9-17-11(3)19-14/h4-6,8-10,15,18H,7,16H2,1-3H3. The molecule has 2 rings (SSSR count). The van der Waals surface area contributed by atoms with Crippen molar-refractivity contribution in [3.8, 4) is 0 Å². The highest BCUT2D eigenvalue weighted by molar-refractivity contribution is 7.11. The Labute approximate surface area is 118 Å². The first-order valence-corrected chi connectivity index (χ1v) is 7.39. The average molecular weight is 275 g/mol. The Morgan fingerprint density at radius 1 is 1.37 bits per heavy atom. The van der Waals surface area contributed by atoms with E-state index in [9.17, 15) is 0 Å². The van der Waals surface area contributed by atoms with Gasteiger partial charge in [0.05, 0.1) is 11.0 Å². The summed E-state index contributed by atoms with van der Waals surface area (Å²) in [5, 5.41) is 1.06. The molecule has 3 nitrogen and oxygen atoms in total. The average Bonchev–Trinajstić information content (AvgIpc) is 2.76. The van der Waals surface area contributed by atoms with Gasteiger partial charge in [0.15, 0.2) is 0 Å². The van der Waals surface area contributed by atoms with Gasteiger partial charge in [0.1, 0.15) is 0 Å². The van der Waals surface area contributed by atoms with Crippen LogP contribution in [0.2, 0.25) is 0 Å². The van der Waals surface area contributed by atoms with Crippen molar-refractivity contribution in [1.82, 2.24) is 10.4 Å². The van der Waals surface area contributed by atoms with E-state index >= 15 is 0 Å². The van der Waals surface area contributed by atoms with Crippen LogP contribution in [0.25, 0.3) is 0 Å². The van der Waals surface area contributed by atoms with E-state index in [-0.39, 0.29) is 6.04 Å². The maximum Gasteiger partial charge on any atom is 0.0897 e. The van der Waals surface area contributed by atoms with E-state index in [4.69, 9.17) is 5.84 Å². The zero-order valence-electron chi connectivity index (χ0n) is 11.7. The molecule has 19 heavy (non-hydrogen) atoms. The molecule has 1 aromatic heterocycles. The molecule has 1 atom stereocenters. The minimum absolute atomic E-state index is 0.0262. The predicted molar refractivity (Wildman–Crippen MR) is 81.0 cm³/mol. The Balaban J connectivity index is 2.28. The van der Waals surface area contributed by atoms with Crippen LogP contribution in [0.5, 0.6) is 0 Å². The number of benzene rings is 1. The third-order valence-electron chi connectivity index (χ3n) is 3.02. The Kier molecular flexibility index (Phi) is 4.69. The molecule has 0 aliphatic heterocycles. The van der Waals surface area contributed by atoms with Gasteiger partial charge in [-0.2, -0.15) is 0 Å². The lowest BCUT2D eigenvalue weighted by Gasteiger charge is -2.16. The quantitative estimate of drug-likeness (QED) is 0.651. The smallest absolute Gasteiger partial charge is 0.0897 e. The van der Waals surface area contributed by atoms with Gasteiger partial charge < -0.3 is 0 Å². The van der Waals surface area contributed by atoms with E-state index in [0.717, 1.165) is 16.3 Å². The van der Waals surface area contributed by atoms with Crippen LogP contribution in [0.4, 0.5) is 0 Å². The molecule has 2 aromatic rings. The SMILES string of the molecule is Cc1ncc(C(NN)c2cccc(CC(C)C)c2)s1. The molecule has 1 aromatic carbocycles. The number of nitrogens with zero attached hydrogens (tertiary/aromatic N) is 1. The molecule has 4 heteroatoms. The van der Waals surface area contributed by atoms with Crippen molar-refractivity contribution in [3.63, 3.8) is 0 Å². The zero-order chi connectivity index (χ0) is 13.8. The molecule has 0 amide bonds. The number of hydrogen-bond donors (Lipinski definition) is 2. The van der Waals surface area contributed by atoms with Crippen molar-refractivity contribution in [3.05, 3.63) is 51.5 Å². The zero-order valence-corrected chi connectivity index (χ0v) is 12.5. The van der Waals surface area contributed by atoms with E-state index in [0.29, 0.717) is 5.92 Å². The van der Waals surface area contributed by atoms with Crippen LogP contribution in [0, 0.1) is 12.8 Å². The summed E-state index contributed by atoms with van der Waals surface area (Å²) in [5.74, 6) is 6.38. The minimum atomic E-state index is 0.0262. The molecule has 0 fully saturated rings.